The summed E-state index contributed by atoms with van der Waals surface area (Å²) in [6.07, 6.45) is 1.13. The lowest BCUT2D eigenvalue weighted by molar-refractivity contribution is 0.0328. The second-order valence-corrected chi connectivity index (χ2v) is 4.41. The third kappa shape index (κ3) is 3.47. The standard InChI is InChI=1S/C15H25NO2/c1-6-13(18-7-2)15(16-4)12-10-11(3)8-9-14(12)17-5/h8-10,13,15-16H,6-7H2,1-5H3. The first-order valence-corrected chi connectivity index (χ1v) is 6.61. The van der Waals surface area contributed by atoms with Crippen LogP contribution in [0.5, 0.6) is 5.75 Å². The van der Waals surface area contributed by atoms with E-state index in [0.717, 1.165) is 18.8 Å². The van der Waals surface area contributed by atoms with Crippen LogP contribution in [0.15, 0.2) is 18.2 Å². The summed E-state index contributed by atoms with van der Waals surface area (Å²) in [7, 11) is 3.68. The van der Waals surface area contributed by atoms with Gasteiger partial charge in [-0.2, -0.15) is 0 Å². The van der Waals surface area contributed by atoms with Crippen LogP contribution < -0.4 is 10.1 Å². The highest BCUT2D eigenvalue weighted by Gasteiger charge is 2.23. The minimum absolute atomic E-state index is 0.157. The Morgan fingerprint density at radius 1 is 1.28 bits per heavy atom. The molecular formula is C15H25NO2. The highest BCUT2D eigenvalue weighted by Crippen LogP contribution is 2.30. The maximum atomic E-state index is 5.82. The maximum Gasteiger partial charge on any atom is 0.123 e. The van der Waals surface area contributed by atoms with Gasteiger partial charge in [0.15, 0.2) is 0 Å². The maximum absolute atomic E-state index is 5.82. The number of rotatable bonds is 7. The number of benzene rings is 1. The van der Waals surface area contributed by atoms with Gasteiger partial charge in [-0.3, -0.25) is 0 Å². The van der Waals surface area contributed by atoms with Gasteiger partial charge in [0.25, 0.3) is 0 Å². The van der Waals surface area contributed by atoms with Crippen molar-refractivity contribution in [1.29, 1.82) is 0 Å². The Morgan fingerprint density at radius 3 is 2.50 bits per heavy atom. The van der Waals surface area contributed by atoms with Crippen LogP contribution in [0, 0.1) is 6.92 Å². The van der Waals surface area contributed by atoms with Gasteiger partial charge in [-0.1, -0.05) is 24.6 Å². The van der Waals surface area contributed by atoms with E-state index in [-0.39, 0.29) is 12.1 Å². The molecule has 1 aromatic carbocycles. The van der Waals surface area contributed by atoms with Gasteiger partial charge in [0.1, 0.15) is 5.75 Å². The van der Waals surface area contributed by atoms with Crippen LogP contribution in [0.3, 0.4) is 0 Å². The molecular weight excluding hydrogens is 226 g/mol. The number of ether oxygens (including phenoxy) is 2. The normalized spacial score (nSPS) is 14.3. The van der Waals surface area contributed by atoms with E-state index in [2.05, 4.69) is 31.3 Å². The van der Waals surface area contributed by atoms with Crippen molar-refractivity contribution in [1.82, 2.24) is 5.32 Å². The fourth-order valence-electron chi connectivity index (χ4n) is 2.30. The van der Waals surface area contributed by atoms with Crippen LogP contribution in [-0.4, -0.2) is 26.9 Å². The fraction of sp³-hybridized carbons (Fsp3) is 0.600. The first kappa shape index (κ1) is 15.0. The van der Waals surface area contributed by atoms with Crippen LogP contribution in [0.2, 0.25) is 0 Å². The van der Waals surface area contributed by atoms with Crippen molar-refractivity contribution in [3.05, 3.63) is 29.3 Å². The third-order valence-corrected chi connectivity index (χ3v) is 3.19. The molecule has 2 unspecified atom stereocenters. The van der Waals surface area contributed by atoms with E-state index in [9.17, 15) is 0 Å². The molecule has 18 heavy (non-hydrogen) atoms. The summed E-state index contributed by atoms with van der Waals surface area (Å²) < 4.78 is 11.3. The number of aryl methyl sites for hydroxylation is 1. The van der Waals surface area contributed by atoms with Gasteiger partial charge in [-0.25, -0.2) is 0 Å². The molecule has 3 nitrogen and oxygen atoms in total. The average molecular weight is 251 g/mol. The van der Waals surface area contributed by atoms with Crippen LogP contribution in [0.25, 0.3) is 0 Å². The molecule has 2 atom stereocenters. The monoisotopic (exact) mass is 251 g/mol. The topological polar surface area (TPSA) is 30.5 Å². The molecule has 0 aromatic heterocycles. The summed E-state index contributed by atoms with van der Waals surface area (Å²) in [5.74, 6) is 0.915. The zero-order chi connectivity index (χ0) is 13.5. The Labute approximate surface area is 110 Å². The lowest BCUT2D eigenvalue weighted by Gasteiger charge is -2.27. The van der Waals surface area contributed by atoms with Crippen molar-refractivity contribution in [2.45, 2.75) is 39.3 Å². The highest BCUT2D eigenvalue weighted by molar-refractivity contribution is 5.39. The largest absolute Gasteiger partial charge is 0.496 e. The molecule has 0 aliphatic rings. The van der Waals surface area contributed by atoms with Gasteiger partial charge in [0.05, 0.1) is 19.3 Å². The predicted octanol–water partition coefficient (Wildman–Crippen LogP) is 3.08. The summed E-state index contributed by atoms with van der Waals surface area (Å²) in [4.78, 5) is 0. The average Bonchev–Trinajstić information content (AvgIpc) is 2.39. The lowest BCUT2D eigenvalue weighted by atomic mass is 9.97. The molecule has 0 amide bonds. The van der Waals surface area contributed by atoms with E-state index in [4.69, 9.17) is 9.47 Å². The van der Waals surface area contributed by atoms with Crippen LogP contribution in [0.1, 0.15) is 37.4 Å². The Bertz CT molecular complexity index is 366. The van der Waals surface area contributed by atoms with E-state index in [0.29, 0.717) is 0 Å². The molecule has 0 radical (unpaired) electrons. The van der Waals surface area contributed by atoms with Crippen LogP contribution >= 0.6 is 0 Å². The van der Waals surface area contributed by atoms with Crippen molar-refractivity contribution in [2.75, 3.05) is 20.8 Å². The molecule has 0 saturated heterocycles. The van der Waals surface area contributed by atoms with Gasteiger partial charge in [0, 0.05) is 12.2 Å². The second-order valence-electron chi connectivity index (χ2n) is 4.41. The highest BCUT2D eigenvalue weighted by atomic mass is 16.5. The number of hydrogen-bond acceptors (Lipinski definition) is 3. The summed E-state index contributed by atoms with van der Waals surface area (Å²) in [5, 5.41) is 3.35. The fourth-order valence-corrected chi connectivity index (χ4v) is 2.30. The smallest absolute Gasteiger partial charge is 0.123 e. The molecule has 102 valence electrons. The van der Waals surface area contributed by atoms with Crippen molar-refractivity contribution in [3.63, 3.8) is 0 Å². The zero-order valence-corrected chi connectivity index (χ0v) is 12.1. The van der Waals surface area contributed by atoms with Gasteiger partial charge < -0.3 is 14.8 Å². The quantitative estimate of drug-likeness (QED) is 0.808. The summed E-state index contributed by atoms with van der Waals surface area (Å²) in [5.41, 5.74) is 2.40. The first-order chi connectivity index (χ1) is 8.67. The Kier molecular flexibility index (Phi) is 6.16. The summed E-state index contributed by atoms with van der Waals surface area (Å²) >= 11 is 0. The van der Waals surface area contributed by atoms with Gasteiger partial charge in [0.2, 0.25) is 0 Å². The van der Waals surface area contributed by atoms with Crippen molar-refractivity contribution in [2.24, 2.45) is 0 Å². The number of nitrogens with one attached hydrogen (secondary N) is 1. The molecule has 0 spiro atoms. The Balaban J connectivity index is 3.09. The molecule has 0 saturated carbocycles. The van der Waals surface area contributed by atoms with Crippen molar-refractivity contribution < 1.29 is 9.47 Å². The third-order valence-electron chi connectivity index (χ3n) is 3.19. The molecule has 3 heteroatoms. The molecule has 0 aliphatic carbocycles. The summed E-state index contributed by atoms with van der Waals surface area (Å²) in [6, 6.07) is 6.41. The van der Waals surface area contributed by atoms with Gasteiger partial charge in [-0.15, -0.1) is 0 Å². The van der Waals surface area contributed by atoms with Gasteiger partial charge >= 0.3 is 0 Å². The molecule has 0 bridgehead atoms. The molecule has 1 aromatic rings. The van der Waals surface area contributed by atoms with Crippen molar-refractivity contribution >= 4 is 0 Å². The van der Waals surface area contributed by atoms with E-state index >= 15 is 0 Å². The SMILES string of the molecule is CCOC(CC)C(NC)c1cc(C)ccc1OC. The Hall–Kier alpha value is -1.06. The van der Waals surface area contributed by atoms with E-state index in [1.165, 1.54) is 11.1 Å². The van der Waals surface area contributed by atoms with E-state index < -0.39 is 0 Å². The number of likely N-dealkylation sites (N-methyl/N-ethyl adjacent to an activating group) is 1. The van der Waals surface area contributed by atoms with E-state index in [1.54, 1.807) is 7.11 Å². The minimum Gasteiger partial charge on any atom is -0.496 e. The lowest BCUT2D eigenvalue weighted by Crippen LogP contribution is -2.31. The summed E-state index contributed by atoms with van der Waals surface area (Å²) in [6.45, 7) is 7.00. The molecule has 1 N–H and O–H groups in total. The van der Waals surface area contributed by atoms with Crippen LogP contribution in [-0.2, 0) is 4.74 Å². The minimum atomic E-state index is 0.157. The Morgan fingerprint density at radius 2 is 2.00 bits per heavy atom. The van der Waals surface area contributed by atoms with Crippen LogP contribution in [0.4, 0.5) is 0 Å². The predicted molar refractivity (Wildman–Crippen MR) is 75.2 cm³/mol. The molecule has 0 aliphatic heterocycles. The first-order valence-electron chi connectivity index (χ1n) is 6.61. The number of methoxy groups -OCH3 is 1. The molecule has 0 fully saturated rings. The molecule has 0 heterocycles. The van der Waals surface area contributed by atoms with Crippen molar-refractivity contribution in [3.8, 4) is 5.75 Å². The molecule has 1 rings (SSSR count). The number of hydrogen-bond donors (Lipinski definition) is 1. The second kappa shape index (κ2) is 7.39. The van der Waals surface area contributed by atoms with Gasteiger partial charge in [-0.05, 0) is 33.4 Å². The zero-order valence-electron chi connectivity index (χ0n) is 12.1. The van der Waals surface area contributed by atoms with E-state index in [1.807, 2.05) is 20.0 Å².